The van der Waals surface area contributed by atoms with E-state index in [9.17, 15) is 9.59 Å². The molecule has 2 saturated heterocycles. The molecule has 2 aliphatic rings. The van der Waals surface area contributed by atoms with Crippen LogP contribution < -0.4 is 0 Å². The average Bonchev–Trinajstić information content (AvgIpc) is 3.18. The summed E-state index contributed by atoms with van der Waals surface area (Å²) in [6, 6.07) is 1.75. The highest BCUT2D eigenvalue weighted by Gasteiger charge is 2.45. The molecule has 0 aromatic carbocycles. The van der Waals surface area contributed by atoms with Gasteiger partial charge in [0.1, 0.15) is 10.5 Å². The van der Waals surface area contributed by atoms with E-state index >= 15 is 0 Å². The highest BCUT2D eigenvalue weighted by Crippen LogP contribution is 2.34. The highest BCUT2D eigenvalue weighted by molar-refractivity contribution is 7.17. The van der Waals surface area contributed by atoms with E-state index in [-0.39, 0.29) is 12.0 Å². The maximum Gasteiger partial charge on any atom is 0.410 e. The van der Waals surface area contributed by atoms with Crippen LogP contribution in [0, 0.1) is 0 Å². The van der Waals surface area contributed by atoms with Crippen LogP contribution in [-0.2, 0) is 11.2 Å². The number of carbonyl (C=O) groups excluding carboxylic acids is 2. The number of carbonyl (C=O) groups is 2. The Bertz CT molecular complexity index is 887. The van der Waals surface area contributed by atoms with Crippen molar-refractivity contribution in [2.75, 3.05) is 26.7 Å². The monoisotopic (exact) mass is 401 g/mol. The lowest BCUT2D eigenvalue weighted by Gasteiger charge is -2.25. The minimum atomic E-state index is -0.467. The van der Waals surface area contributed by atoms with Crippen LogP contribution in [0.25, 0.3) is 10.8 Å². The Morgan fingerprint density at radius 2 is 2.07 bits per heavy atom. The summed E-state index contributed by atoms with van der Waals surface area (Å²) in [5.41, 5.74) is 0.314. The van der Waals surface area contributed by atoms with Crippen LogP contribution >= 0.6 is 11.3 Å². The van der Waals surface area contributed by atoms with E-state index in [1.165, 1.54) is 11.3 Å². The first-order valence-electron chi connectivity index (χ1n) is 9.52. The molecule has 0 radical (unpaired) electrons. The number of ether oxygens (including phenoxy) is 1. The minimum absolute atomic E-state index is 0.00809. The van der Waals surface area contributed by atoms with Crippen molar-refractivity contribution in [1.82, 2.24) is 24.8 Å². The van der Waals surface area contributed by atoms with E-state index in [0.717, 1.165) is 18.5 Å². The standard InChI is InChI=1S/C19H23N5O3S/c1-3-13-14(28-16(22-13)15-20-8-5-9-21-15)17(25)24-10-4-6-19(7-11-24)12-23(2)18(26)27-19/h5,8-9H,3-4,6-7,10-12H2,1-2H3. The molecule has 8 nitrogen and oxygen atoms in total. The molecule has 2 aromatic heterocycles. The molecule has 9 heteroatoms. The molecule has 4 rings (SSSR count). The minimum Gasteiger partial charge on any atom is -0.441 e. The average molecular weight is 401 g/mol. The lowest BCUT2D eigenvalue weighted by Crippen LogP contribution is -2.36. The number of rotatable bonds is 3. The molecule has 0 bridgehead atoms. The maximum atomic E-state index is 13.2. The fourth-order valence-electron chi connectivity index (χ4n) is 3.83. The van der Waals surface area contributed by atoms with E-state index in [2.05, 4.69) is 15.0 Å². The summed E-state index contributed by atoms with van der Waals surface area (Å²) in [6.07, 6.45) is 5.98. The molecule has 1 spiro atoms. The Hall–Kier alpha value is -2.55. The maximum absolute atomic E-state index is 13.2. The van der Waals surface area contributed by atoms with Crippen molar-refractivity contribution in [3.05, 3.63) is 29.0 Å². The number of nitrogens with zero attached hydrogens (tertiary/aromatic N) is 5. The topological polar surface area (TPSA) is 88.5 Å². The Labute approximate surface area is 167 Å². The Morgan fingerprint density at radius 3 is 2.75 bits per heavy atom. The molecule has 1 atom stereocenters. The fraction of sp³-hybridized carbons (Fsp3) is 0.526. The van der Waals surface area contributed by atoms with Gasteiger partial charge in [-0.05, 0) is 25.3 Å². The van der Waals surface area contributed by atoms with Gasteiger partial charge in [0, 0.05) is 39.0 Å². The molecule has 0 aliphatic carbocycles. The van der Waals surface area contributed by atoms with Gasteiger partial charge in [0.2, 0.25) is 0 Å². The largest absolute Gasteiger partial charge is 0.441 e. The van der Waals surface area contributed by atoms with Gasteiger partial charge < -0.3 is 14.5 Å². The zero-order chi connectivity index (χ0) is 19.7. The van der Waals surface area contributed by atoms with Gasteiger partial charge in [-0.1, -0.05) is 6.92 Å². The molecule has 2 aliphatic heterocycles. The number of aromatic nitrogens is 3. The summed E-state index contributed by atoms with van der Waals surface area (Å²) in [5, 5.41) is 0.665. The first-order valence-corrected chi connectivity index (χ1v) is 10.3. The molecular formula is C19H23N5O3S. The third-order valence-corrected chi connectivity index (χ3v) is 6.39. The van der Waals surface area contributed by atoms with Crippen molar-refractivity contribution in [3.8, 4) is 10.8 Å². The van der Waals surface area contributed by atoms with Crippen LogP contribution in [-0.4, -0.2) is 69.0 Å². The van der Waals surface area contributed by atoms with Crippen molar-refractivity contribution in [2.24, 2.45) is 0 Å². The molecule has 0 N–H and O–H groups in total. The van der Waals surface area contributed by atoms with Gasteiger partial charge in [-0.2, -0.15) is 0 Å². The van der Waals surface area contributed by atoms with Crippen LogP contribution in [0.4, 0.5) is 4.79 Å². The lowest BCUT2D eigenvalue weighted by molar-refractivity contribution is 0.0439. The number of thiazole rings is 1. The number of amides is 2. The van der Waals surface area contributed by atoms with Crippen molar-refractivity contribution in [3.63, 3.8) is 0 Å². The smallest absolute Gasteiger partial charge is 0.410 e. The van der Waals surface area contributed by atoms with Gasteiger partial charge >= 0.3 is 6.09 Å². The number of hydrogen-bond donors (Lipinski definition) is 0. The lowest BCUT2D eigenvalue weighted by atomic mass is 9.95. The van der Waals surface area contributed by atoms with Crippen molar-refractivity contribution < 1.29 is 14.3 Å². The second-order valence-electron chi connectivity index (χ2n) is 7.27. The number of hydrogen-bond acceptors (Lipinski definition) is 7. The van der Waals surface area contributed by atoms with Gasteiger partial charge in [0.15, 0.2) is 10.8 Å². The zero-order valence-corrected chi connectivity index (χ0v) is 16.9. The SMILES string of the molecule is CCc1nc(-c2ncccn2)sc1C(=O)N1CCCC2(CC1)CN(C)C(=O)O2. The summed E-state index contributed by atoms with van der Waals surface area (Å²) in [7, 11) is 1.75. The molecule has 4 heterocycles. The van der Waals surface area contributed by atoms with Crippen LogP contribution in [0.2, 0.25) is 0 Å². The third-order valence-electron chi connectivity index (χ3n) is 5.31. The summed E-state index contributed by atoms with van der Waals surface area (Å²) in [4.78, 5) is 42.3. The van der Waals surface area contributed by atoms with Crippen molar-refractivity contribution in [2.45, 2.75) is 38.2 Å². The molecular weight excluding hydrogens is 378 g/mol. The first-order chi connectivity index (χ1) is 13.5. The molecule has 0 saturated carbocycles. The Balaban J connectivity index is 1.53. The molecule has 1 unspecified atom stereocenters. The number of likely N-dealkylation sites (tertiary alicyclic amines) is 1. The quantitative estimate of drug-likeness (QED) is 0.786. The molecule has 2 fully saturated rings. The van der Waals surface area contributed by atoms with Crippen LogP contribution in [0.1, 0.15) is 41.6 Å². The second-order valence-corrected chi connectivity index (χ2v) is 8.27. The predicted octanol–water partition coefficient (Wildman–Crippen LogP) is 2.61. The molecule has 148 valence electrons. The van der Waals surface area contributed by atoms with Gasteiger partial charge in [-0.3, -0.25) is 4.79 Å². The van der Waals surface area contributed by atoms with Gasteiger partial charge in [0.05, 0.1) is 12.2 Å². The van der Waals surface area contributed by atoms with E-state index < -0.39 is 5.60 Å². The van der Waals surface area contributed by atoms with Crippen molar-refractivity contribution in [1.29, 1.82) is 0 Å². The number of aryl methyl sites for hydroxylation is 1. The third kappa shape index (κ3) is 3.46. The summed E-state index contributed by atoms with van der Waals surface area (Å²) in [5.74, 6) is 0.531. The number of likely N-dealkylation sites (N-methyl/N-ethyl adjacent to an activating group) is 1. The van der Waals surface area contributed by atoms with Crippen LogP contribution in [0.5, 0.6) is 0 Å². The molecule has 28 heavy (non-hydrogen) atoms. The van der Waals surface area contributed by atoms with Gasteiger partial charge in [0.25, 0.3) is 5.91 Å². The van der Waals surface area contributed by atoms with E-state index in [1.54, 1.807) is 30.4 Å². The van der Waals surface area contributed by atoms with Gasteiger partial charge in [-0.25, -0.2) is 19.7 Å². The Morgan fingerprint density at radius 1 is 1.29 bits per heavy atom. The van der Waals surface area contributed by atoms with E-state index in [0.29, 0.717) is 48.2 Å². The zero-order valence-electron chi connectivity index (χ0n) is 16.1. The molecule has 2 aromatic rings. The Kier molecular flexibility index (Phi) is 5.01. The normalized spacial score (nSPS) is 22.4. The van der Waals surface area contributed by atoms with E-state index in [4.69, 9.17) is 4.74 Å². The predicted molar refractivity (Wildman–Crippen MR) is 104 cm³/mol. The van der Waals surface area contributed by atoms with E-state index in [1.807, 2.05) is 11.8 Å². The summed E-state index contributed by atoms with van der Waals surface area (Å²) in [6.45, 7) is 3.80. The second kappa shape index (κ2) is 7.46. The first kappa shape index (κ1) is 18.8. The summed E-state index contributed by atoms with van der Waals surface area (Å²) < 4.78 is 5.65. The van der Waals surface area contributed by atoms with Gasteiger partial charge in [-0.15, -0.1) is 11.3 Å². The van der Waals surface area contributed by atoms with Crippen molar-refractivity contribution >= 4 is 23.3 Å². The summed E-state index contributed by atoms with van der Waals surface area (Å²) >= 11 is 1.35. The van der Waals surface area contributed by atoms with Crippen LogP contribution in [0.3, 0.4) is 0 Å². The molecule has 2 amide bonds. The van der Waals surface area contributed by atoms with Crippen LogP contribution in [0.15, 0.2) is 18.5 Å². The highest BCUT2D eigenvalue weighted by atomic mass is 32.1. The fourth-order valence-corrected chi connectivity index (χ4v) is 4.90.